The molecule has 1 aliphatic rings. The van der Waals surface area contributed by atoms with E-state index in [-0.39, 0.29) is 11.6 Å². The van der Waals surface area contributed by atoms with Crippen molar-refractivity contribution in [2.24, 2.45) is 5.73 Å². The zero-order valence-corrected chi connectivity index (χ0v) is 7.05. The molecule has 2 N–H and O–H groups in total. The van der Waals surface area contributed by atoms with Gasteiger partial charge in [-0.1, -0.05) is 0 Å². The van der Waals surface area contributed by atoms with Crippen LogP contribution in [-0.2, 0) is 6.42 Å². The molecule has 0 saturated carbocycles. The van der Waals surface area contributed by atoms with Crippen LogP contribution >= 0.6 is 0 Å². The number of halogens is 1. The third kappa shape index (κ3) is 1.20. The van der Waals surface area contributed by atoms with Crippen LogP contribution in [0, 0.1) is 17.1 Å². The van der Waals surface area contributed by atoms with E-state index in [1.165, 1.54) is 6.07 Å². The van der Waals surface area contributed by atoms with Crippen LogP contribution in [0.15, 0.2) is 12.1 Å². The highest BCUT2D eigenvalue weighted by molar-refractivity contribution is 5.43. The Labute approximate surface area is 75.8 Å². The van der Waals surface area contributed by atoms with Gasteiger partial charge in [-0.3, -0.25) is 0 Å². The largest absolute Gasteiger partial charge is 0.324 e. The first-order valence-corrected chi connectivity index (χ1v) is 4.20. The monoisotopic (exact) mass is 176 g/mol. The summed E-state index contributed by atoms with van der Waals surface area (Å²) in [6.07, 6.45) is 1.67. The highest BCUT2D eigenvalue weighted by Gasteiger charge is 2.20. The van der Waals surface area contributed by atoms with Gasteiger partial charge in [0.05, 0.1) is 5.56 Å². The molecular weight excluding hydrogens is 167 g/mol. The molecule has 2 rings (SSSR count). The molecule has 1 unspecified atom stereocenters. The van der Waals surface area contributed by atoms with Crippen LogP contribution in [0.4, 0.5) is 4.39 Å². The predicted octanol–water partition coefficient (Wildman–Crippen LogP) is 1.64. The zero-order valence-electron chi connectivity index (χ0n) is 7.05. The molecule has 0 bridgehead atoms. The Morgan fingerprint density at radius 3 is 3.00 bits per heavy atom. The second-order valence-corrected chi connectivity index (χ2v) is 3.29. The van der Waals surface area contributed by atoms with E-state index in [4.69, 9.17) is 11.0 Å². The predicted molar refractivity (Wildman–Crippen MR) is 46.4 cm³/mol. The summed E-state index contributed by atoms with van der Waals surface area (Å²) in [5.74, 6) is -0.435. The maximum Gasteiger partial charge on any atom is 0.141 e. The van der Waals surface area contributed by atoms with Crippen molar-refractivity contribution in [3.63, 3.8) is 0 Å². The first-order chi connectivity index (χ1) is 6.22. The molecule has 1 aliphatic carbocycles. The van der Waals surface area contributed by atoms with Gasteiger partial charge < -0.3 is 5.73 Å². The first kappa shape index (κ1) is 8.21. The van der Waals surface area contributed by atoms with E-state index in [0.717, 1.165) is 24.0 Å². The van der Waals surface area contributed by atoms with Crippen LogP contribution in [0.1, 0.15) is 29.2 Å². The topological polar surface area (TPSA) is 49.8 Å². The fourth-order valence-corrected chi connectivity index (χ4v) is 1.75. The average molecular weight is 176 g/mol. The van der Waals surface area contributed by atoms with Crippen LogP contribution in [-0.4, -0.2) is 0 Å². The van der Waals surface area contributed by atoms with E-state index in [9.17, 15) is 4.39 Å². The summed E-state index contributed by atoms with van der Waals surface area (Å²) in [7, 11) is 0. The van der Waals surface area contributed by atoms with Gasteiger partial charge in [-0.15, -0.1) is 0 Å². The molecule has 2 nitrogen and oxygen atoms in total. The molecular formula is C10H9FN2. The van der Waals surface area contributed by atoms with Gasteiger partial charge in [0.2, 0.25) is 0 Å². The SMILES string of the molecule is N#Cc1cc2c(cc1F)CCC2N. The van der Waals surface area contributed by atoms with Crippen LogP contribution in [0.3, 0.4) is 0 Å². The number of hydrogen-bond donors (Lipinski definition) is 1. The smallest absolute Gasteiger partial charge is 0.141 e. The fraction of sp³-hybridized carbons (Fsp3) is 0.300. The van der Waals surface area contributed by atoms with Crippen molar-refractivity contribution < 1.29 is 4.39 Å². The summed E-state index contributed by atoms with van der Waals surface area (Å²) in [6.45, 7) is 0. The lowest BCUT2D eigenvalue weighted by Crippen LogP contribution is -2.05. The summed E-state index contributed by atoms with van der Waals surface area (Å²) < 4.78 is 13.1. The molecule has 0 aromatic heterocycles. The van der Waals surface area contributed by atoms with Crippen molar-refractivity contribution in [3.05, 3.63) is 34.6 Å². The van der Waals surface area contributed by atoms with E-state index in [0.29, 0.717) is 0 Å². The minimum Gasteiger partial charge on any atom is -0.324 e. The van der Waals surface area contributed by atoms with Crippen molar-refractivity contribution in [1.82, 2.24) is 0 Å². The molecule has 1 atom stereocenters. The van der Waals surface area contributed by atoms with Crippen molar-refractivity contribution in [1.29, 1.82) is 5.26 Å². The van der Waals surface area contributed by atoms with E-state index in [2.05, 4.69) is 0 Å². The van der Waals surface area contributed by atoms with Crippen LogP contribution < -0.4 is 5.73 Å². The second-order valence-electron chi connectivity index (χ2n) is 3.29. The molecule has 0 aliphatic heterocycles. The number of nitrogens with zero attached hydrogens (tertiary/aromatic N) is 1. The van der Waals surface area contributed by atoms with E-state index in [1.54, 1.807) is 6.07 Å². The summed E-state index contributed by atoms with van der Waals surface area (Å²) in [5, 5.41) is 8.61. The molecule has 3 heteroatoms. The Morgan fingerprint density at radius 2 is 2.31 bits per heavy atom. The fourth-order valence-electron chi connectivity index (χ4n) is 1.75. The van der Waals surface area contributed by atoms with Gasteiger partial charge in [0.15, 0.2) is 0 Å². The number of aryl methyl sites for hydroxylation is 1. The number of rotatable bonds is 0. The third-order valence-electron chi connectivity index (χ3n) is 2.47. The molecule has 66 valence electrons. The molecule has 0 radical (unpaired) electrons. The molecule has 0 amide bonds. The molecule has 0 heterocycles. The summed E-state index contributed by atoms with van der Waals surface area (Å²) in [4.78, 5) is 0. The Hall–Kier alpha value is -1.40. The average Bonchev–Trinajstić information content (AvgIpc) is 2.46. The number of nitrogens with two attached hydrogens (primary N) is 1. The number of nitriles is 1. The van der Waals surface area contributed by atoms with Crippen LogP contribution in [0.25, 0.3) is 0 Å². The zero-order chi connectivity index (χ0) is 9.42. The van der Waals surface area contributed by atoms with Crippen molar-refractivity contribution in [3.8, 4) is 6.07 Å². The normalized spacial score (nSPS) is 19.6. The molecule has 13 heavy (non-hydrogen) atoms. The van der Waals surface area contributed by atoms with Crippen molar-refractivity contribution >= 4 is 0 Å². The molecule has 0 spiro atoms. The second kappa shape index (κ2) is 2.82. The minimum absolute atomic E-state index is 0.0253. The van der Waals surface area contributed by atoms with Gasteiger partial charge >= 0.3 is 0 Å². The van der Waals surface area contributed by atoms with Crippen LogP contribution in [0.5, 0.6) is 0 Å². The van der Waals surface area contributed by atoms with Gasteiger partial charge in [-0.25, -0.2) is 4.39 Å². The lowest BCUT2D eigenvalue weighted by Gasteiger charge is -2.04. The summed E-state index contributed by atoms with van der Waals surface area (Å²) >= 11 is 0. The molecule has 1 aromatic carbocycles. The van der Waals surface area contributed by atoms with E-state index < -0.39 is 5.82 Å². The Kier molecular flexibility index (Phi) is 1.78. The van der Waals surface area contributed by atoms with Gasteiger partial charge in [0.25, 0.3) is 0 Å². The van der Waals surface area contributed by atoms with E-state index in [1.807, 2.05) is 6.07 Å². The number of fused-ring (bicyclic) bond motifs is 1. The Balaban J connectivity index is 2.59. The van der Waals surface area contributed by atoms with Gasteiger partial charge in [-0.05, 0) is 36.1 Å². The number of hydrogen-bond acceptors (Lipinski definition) is 2. The molecule has 0 saturated heterocycles. The highest BCUT2D eigenvalue weighted by atomic mass is 19.1. The third-order valence-corrected chi connectivity index (χ3v) is 2.47. The maximum atomic E-state index is 13.1. The standard InChI is InChI=1S/C10H9FN2/c11-9-4-6-1-2-10(13)8(6)3-7(9)5-12/h3-4,10H,1-2,13H2. The van der Waals surface area contributed by atoms with Crippen LogP contribution in [0.2, 0.25) is 0 Å². The number of benzene rings is 1. The minimum atomic E-state index is -0.435. The Bertz CT molecular complexity index is 393. The summed E-state index contributed by atoms with van der Waals surface area (Å²) in [5.41, 5.74) is 7.76. The first-order valence-electron chi connectivity index (χ1n) is 4.20. The van der Waals surface area contributed by atoms with Crippen molar-refractivity contribution in [2.75, 3.05) is 0 Å². The van der Waals surface area contributed by atoms with Gasteiger partial charge in [0, 0.05) is 6.04 Å². The van der Waals surface area contributed by atoms with Gasteiger partial charge in [0.1, 0.15) is 11.9 Å². The molecule has 0 fully saturated rings. The molecule has 1 aromatic rings. The van der Waals surface area contributed by atoms with Gasteiger partial charge in [-0.2, -0.15) is 5.26 Å². The van der Waals surface area contributed by atoms with Crippen molar-refractivity contribution in [2.45, 2.75) is 18.9 Å². The summed E-state index contributed by atoms with van der Waals surface area (Å²) in [6, 6.07) is 4.79. The quantitative estimate of drug-likeness (QED) is 0.653. The Morgan fingerprint density at radius 1 is 1.54 bits per heavy atom. The lowest BCUT2D eigenvalue weighted by molar-refractivity contribution is 0.622. The lowest BCUT2D eigenvalue weighted by atomic mass is 10.0. The van der Waals surface area contributed by atoms with E-state index >= 15 is 0 Å². The maximum absolute atomic E-state index is 13.1. The highest BCUT2D eigenvalue weighted by Crippen LogP contribution is 2.30.